The van der Waals surface area contributed by atoms with Crippen LogP contribution in [0.5, 0.6) is 0 Å². The van der Waals surface area contributed by atoms with Crippen LogP contribution in [0.1, 0.15) is 24.0 Å². The van der Waals surface area contributed by atoms with E-state index in [1.54, 1.807) is 11.8 Å². The Morgan fingerprint density at radius 2 is 2.22 bits per heavy atom. The van der Waals surface area contributed by atoms with E-state index in [0.717, 1.165) is 24.4 Å². The SMILES string of the molecule is CSCCN=C(N)Nc1cccc2c1CCCC2. The number of guanidine groups is 1. The second-order valence-corrected chi connectivity index (χ2v) is 5.52. The van der Waals surface area contributed by atoms with E-state index in [1.165, 1.54) is 30.4 Å². The molecule has 0 radical (unpaired) electrons. The summed E-state index contributed by atoms with van der Waals surface area (Å²) in [6.07, 6.45) is 6.99. The second kappa shape index (κ2) is 6.69. The Balaban J connectivity index is 2.07. The minimum absolute atomic E-state index is 0.531. The topological polar surface area (TPSA) is 50.4 Å². The Morgan fingerprint density at radius 3 is 3.06 bits per heavy atom. The number of rotatable bonds is 4. The van der Waals surface area contributed by atoms with E-state index in [2.05, 4.69) is 34.8 Å². The van der Waals surface area contributed by atoms with Crippen LogP contribution in [0, 0.1) is 0 Å². The number of aryl methyl sites for hydroxylation is 1. The van der Waals surface area contributed by atoms with Crippen molar-refractivity contribution in [1.29, 1.82) is 0 Å². The summed E-state index contributed by atoms with van der Waals surface area (Å²) in [5.41, 5.74) is 9.93. The lowest BCUT2D eigenvalue weighted by Gasteiger charge is -2.19. The highest BCUT2D eigenvalue weighted by atomic mass is 32.2. The molecule has 0 amide bonds. The third-order valence-electron chi connectivity index (χ3n) is 3.24. The fourth-order valence-electron chi connectivity index (χ4n) is 2.33. The van der Waals surface area contributed by atoms with E-state index >= 15 is 0 Å². The van der Waals surface area contributed by atoms with Gasteiger partial charge in [0.15, 0.2) is 5.96 Å². The van der Waals surface area contributed by atoms with Crippen molar-refractivity contribution in [3.05, 3.63) is 29.3 Å². The Hall–Kier alpha value is -1.16. The molecule has 2 rings (SSSR count). The number of hydrogen-bond acceptors (Lipinski definition) is 2. The Bertz CT molecular complexity index is 429. The standard InChI is InChI=1S/C14H21N3S/c1-18-10-9-16-14(15)17-13-8-4-6-11-5-2-3-7-12(11)13/h4,6,8H,2-3,5,7,9-10H2,1H3,(H3,15,16,17). The Kier molecular flexibility index (Phi) is 4.93. The highest BCUT2D eigenvalue weighted by Crippen LogP contribution is 2.27. The van der Waals surface area contributed by atoms with E-state index in [9.17, 15) is 0 Å². The molecule has 0 atom stereocenters. The predicted octanol–water partition coefficient (Wildman–Crippen LogP) is 2.66. The molecule has 3 nitrogen and oxygen atoms in total. The molecule has 3 N–H and O–H groups in total. The fourth-order valence-corrected chi connectivity index (χ4v) is 2.61. The quantitative estimate of drug-likeness (QED) is 0.499. The van der Waals surface area contributed by atoms with Crippen LogP contribution in [0.2, 0.25) is 0 Å². The van der Waals surface area contributed by atoms with Crippen LogP contribution in [0.15, 0.2) is 23.2 Å². The van der Waals surface area contributed by atoms with Gasteiger partial charge in [0.2, 0.25) is 0 Å². The maximum atomic E-state index is 5.91. The normalized spacial score (nSPS) is 15.3. The van der Waals surface area contributed by atoms with Gasteiger partial charge >= 0.3 is 0 Å². The van der Waals surface area contributed by atoms with E-state index in [-0.39, 0.29) is 0 Å². The molecule has 1 aliphatic rings. The number of benzene rings is 1. The molecule has 1 aromatic carbocycles. The zero-order valence-electron chi connectivity index (χ0n) is 10.9. The van der Waals surface area contributed by atoms with Crippen molar-refractivity contribution in [3.8, 4) is 0 Å². The van der Waals surface area contributed by atoms with E-state index < -0.39 is 0 Å². The van der Waals surface area contributed by atoms with Gasteiger partial charge in [0.1, 0.15) is 0 Å². The van der Waals surface area contributed by atoms with E-state index in [1.807, 2.05) is 0 Å². The molecule has 0 heterocycles. The number of nitrogens with one attached hydrogen (secondary N) is 1. The van der Waals surface area contributed by atoms with Crippen molar-refractivity contribution in [1.82, 2.24) is 0 Å². The maximum absolute atomic E-state index is 5.91. The van der Waals surface area contributed by atoms with Gasteiger partial charge in [0, 0.05) is 11.4 Å². The maximum Gasteiger partial charge on any atom is 0.193 e. The molecule has 0 aromatic heterocycles. The molecule has 0 saturated carbocycles. The summed E-state index contributed by atoms with van der Waals surface area (Å²) in [5, 5.41) is 3.25. The molecule has 0 spiro atoms. The summed E-state index contributed by atoms with van der Waals surface area (Å²) in [7, 11) is 0. The zero-order valence-corrected chi connectivity index (χ0v) is 11.7. The highest BCUT2D eigenvalue weighted by Gasteiger charge is 2.12. The lowest BCUT2D eigenvalue weighted by Crippen LogP contribution is -2.24. The van der Waals surface area contributed by atoms with E-state index in [0.29, 0.717) is 5.96 Å². The van der Waals surface area contributed by atoms with Crippen LogP contribution in [0.3, 0.4) is 0 Å². The van der Waals surface area contributed by atoms with Gasteiger partial charge < -0.3 is 11.1 Å². The van der Waals surface area contributed by atoms with Gasteiger partial charge in [-0.2, -0.15) is 11.8 Å². The number of nitrogens with two attached hydrogens (primary N) is 1. The number of nitrogens with zero attached hydrogens (tertiary/aromatic N) is 1. The molecule has 0 unspecified atom stereocenters. The number of anilines is 1. The van der Waals surface area contributed by atoms with Crippen LogP contribution >= 0.6 is 11.8 Å². The first-order valence-corrected chi connectivity index (χ1v) is 7.87. The number of fused-ring (bicyclic) bond motifs is 1. The van der Waals surface area contributed by atoms with Gasteiger partial charge in [-0.05, 0) is 49.1 Å². The molecule has 1 aromatic rings. The Labute approximate surface area is 113 Å². The monoisotopic (exact) mass is 263 g/mol. The summed E-state index contributed by atoms with van der Waals surface area (Å²) < 4.78 is 0. The highest BCUT2D eigenvalue weighted by molar-refractivity contribution is 7.98. The van der Waals surface area contributed by atoms with Crippen LogP contribution in [-0.4, -0.2) is 24.5 Å². The van der Waals surface area contributed by atoms with Gasteiger partial charge in [0.25, 0.3) is 0 Å². The molecular formula is C14H21N3S. The van der Waals surface area contributed by atoms with Gasteiger partial charge in [-0.25, -0.2) is 0 Å². The third-order valence-corrected chi connectivity index (χ3v) is 3.83. The van der Waals surface area contributed by atoms with Crippen LogP contribution in [0.4, 0.5) is 5.69 Å². The van der Waals surface area contributed by atoms with Crippen molar-refractivity contribution in [2.45, 2.75) is 25.7 Å². The molecule has 18 heavy (non-hydrogen) atoms. The molecule has 0 aliphatic heterocycles. The first-order chi connectivity index (χ1) is 8.81. The fraction of sp³-hybridized carbons (Fsp3) is 0.500. The van der Waals surface area contributed by atoms with Crippen LogP contribution in [0.25, 0.3) is 0 Å². The third kappa shape index (κ3) is 3.42. The molecule has 0 bridgehead atoms. The van der Waals surface area contributed by atoms with Gasteiger partial charge in [-0.15, -0.1) is 0 Å². The second-order valence-electron chi connectivity index (χ2n) is 4.54. The van der Waals surface area contributed by atoms with Crippen molar-refractivity contribution >= 4 is 23.4 Å². The van der Waals surface area contributed by atoms with Crippen molar-refractivity contribution in [3.63, 3.8) is 0 Å². The molecular weight excluding hydrogens is 242 g/mol. The average Bonchev–Trinajstić information content (AvgIpc) is 2.39. The van der Waals surface area contributed by atoms with E-state index in [4.69, 9.17) is 5.73 Å². The lowest BCUT2D eigenvalue weighted by molar-refractivity contribution is 0.687. The van der Waals surface area contributed by atoms with Crippen LogP contribution in [-0.2, 0) is 12.8 Å². The summed E-state index contributed by atoms with van der Waals surface area (Å²) in [5.74, 6) is 1.54. The lowest BCUT2D eigenvalue weighted by atomic mass is 9.90. The number of hydrogen-bond donors (Lipinski definition) is 2. The first-order valence-electron chi connectivity index (χ1n) is 6.48. The molecule has 1 aliphatic carbocycles. The van der Waals surface area contributed by atoms with Crippen molar-refractivity contribution in [2.75, 3.05) is 23.9 Å². The molecule has 4 heteroatoms. The molecule has 0 fully saturated rings. The summed E-state index contributed by atoms with van der Waals surface area (Å²) in [4.78, 5) is 4.32. The van der Waals surface area contributed by atoms with Crippen LogP contribution < -0.4 is 11.1 Å². The van der Waals surface area contributed by atoms with Crippen molar-refractivity contribution in [2.24, 2.45) is 10.7 Å². The molecule has 0 saturated heterocycles. The average molecular weight is 263 g/mol. The number of aliphatic imine (C=N–C) groups is 1. The largest absolute Gasteiger partial charge is 0.370 e. The van der Waals surface area contributed by atoms with Gasteiger partial charge in [-0.1, -0.05) is 12.1 Å². The summed E-state index contributed by atoms with van der Waals surface area (Å²) in [6.45, 7) is 0.773. The smallest absolute Gasteiger partial charge is 0.193 e. The number of thioether (sulfide) groups is 1. The zero-order chi connectivity index (χ0) is 12.8. The van der Waals surface area contributed by atoms with Gasteiger partial charge in [-0.3, -0.25) is 4.99 Å². The van der Waals surface area contributed by atoms with Crippen molar-refractivity contribution < 1.29 is 0 Å². The van der Waals surface area contributed by atoms with Gasteiger partial charge in [0.05, 0.1) is 6.54 Å². The minimum atomic E-state index is 0.531. The minimum Gasteiger partial charge on any atom is -0.370 e. The molecule has 98 valence electrons. The summed E-state index contributed by atoms with van der Waals surface area (Å²) in [6, 6.07) is 6.42. The first kappa shape index (κ1) is 13.3. The predicted molar refractivity (Wildman–Crippen MR) is 81.6 cm³/mol. The Morgan fingerprint density at radius 1 is 1.39 bits per heavy atom. The summed E-state index contributed by atoms with van der Waals surface area (Å²) >= 11 is 1.78.